The molecule has 2 rings (SSSR count). The van der Waals surface area contributed by atoms with Crippen LogP contribution in [0.1, 0.15) is 24.6 Å². The lowest BCUT2D eigenvalue weighted by atomic mass is 10.2. The van der Waals surface area contributed by atoms with E-state index in [1.54, 1.807) is 13.0 Å². The van der Waals surface area contributed by atoms with Gasteiger partial charge in [-0.05, 0) is 43.2 Å². The maximum Gasteiger partial charge on any atom is 0.126 e. The molecule has 0 saturated carbocycles. The molecule has 96 valence electrons. The van der Waals surface area contributed by atoms with Crippen molar-refractivity contribution in [2.45, 2.75) is 33.4 Å². The van der Waals surface area contributed by atoms with Crippen LogP contribution in [0.2, 0.25) is 0 Å². The maximum atomic E-state index is 13.1. The van der Waals surface area contributed by atoms with Gasteiger partial charge in [0.1, 0.15) is 5.82 Å². The Morgan fingerprint density at radius 3 is 2.89 bits per heavy atom. The van der Waals surface area contributed by atoms with Crippen LogP contribution in [0.3, 0.4) is 0 Å². The minimum Gasteiger partial charge on any atom is -0.379 e. The highest BCUT2D eigenvalue weighted by Crippen LogP contribution is 2.14. The molecule has 1 aromatic carbocycles. The molecule has 0 radical (unpaired) electrons. The van der Waals surface area contributed by atoms with E-state index in [1.165, 1.54) is 6.07 Å². The highest BCUT2D eigenvalue weighted by Gasteiger charge is 2.02. The molecule has 0 amide bonds. The fourth-order valence-electron chi connectivity index (χ4n) is 1.87. The van der Waals surface area contributed by atoms with E-state index in [1.807, 2.05) is 23.0 Å². The Morgan fingerprint density at radius 1 is 1.33 bits per heavy atom. The van der Waals surface area contributed by atoms with Crippen molar-refractivity contribution in [1.82, 2.24) is 9.78 Å². The van der Waals surface area contributed by atoms with Crippen molar-refractivity contribution in [2.75, 3.05) is 5.32 Å². The average molecular weight is 247 g/mol. The van der Waals surface area contributed by atoms with Crippen LogP contribution in [-0.4, -0.2) is 9.78 Å². The Balaban J connectivity index is 2.02. The first-order valence-corrected chi connectivity index (χ1v) is 6.21. The van der Waals surface area contributed by atoms with E-state index in [4.69, 9.17) is 0 Å². The number of benzene rings is 1. The smallest absolute Gasteiger partial charge is 0.126 e. The molecule has 1 heterocycles. The summed E-state index contributed by atoms with van der Waals surface area (Å²) in [6, 6.07) is 7.05. The molecule has 0 atom stereocenters. The van der Waals surface area contributed by atoms with E-state index in [0.29, 0.717) is 12.1 Å². The highest BCUT2D eigenvalue weighted by molar-refractivity contribution is 5.46. The largest absolute Gasteiger partial charge is 0.379 e. The van der Waals surface area contributed by atoms with Gasteiger partial charge >= 0.3 is 0 Å². The van der Waals surface area contributed by atoms with Crippen LogP contribution >= 0.6 is 0 Å². The second-order valence-electron chi connectivity index (χ2n) is 4.36. The Labute approximate surface area is 107 Å². The van der Waals surface area contributed by atoms with Gasteiger partial charge in [0.25, 0.3) is 0 Å². The Bertz CT molecular complexity index is 520. The highest BCUT2D eigenvalue weighted by atomic mass is 19.1. The van der Waals surface area contributed by atoms with E-state index in [2.05, 4.69) is 17.3 Å². The molecule has 0 fully saturated rings. The third-order valence-corrected chi connectivity index (χ3v) is 2.87. The number of aryl methyl sites for hydroxylation is 2. The zero-order valence-electron chi connectivity index (χ0n) is 10.8. The van der Waals surface area contributed by atoms with Crippen molar-refractivity contribution < 1.29 is 4.39 Å². The molecular formula is C14H18FN3. The molecule has 3 nitrogen and oxygen atoms in total. The lowest BCUT2D eigenvalue weighted by molar-refractivity contribution is 0.578. The minimum atomic E-state index is -0.170. The second kappa shape index (κ2) is 5.67. The first-order chi connectivity index (χ1) is 8.70. The number of nitrogens with one attached hydrogen (secondary N) is 1. The van der Waals surface area contributed by atoms with Crippen LogP contribution in [-0.2, 0) is 13.1 Å². The van der Waals surface area contributed by atoms with Gasteiger partial charge in [-0.25, -0.2) is 4.39 Å². The number of anilines is 1. The third kappa shape index (κ3) is 2.88. The monoisotopic (exact) mass is 247 g/mol. The molecule has 0 saturated heterocycles. The van der Waals surface area contributed by atoms with Gasteiger partial charge in [-0.1, -0.05) is 6.92 Å². The number of hydrogen-bond donors (Lipinski definition) is 1. The van der Waals surface area contributed by atoms with Crippen LogP contribution in [0.15, 0.2) is 30.5 Å². The second-order valence-corrected chi connectivity index (χ2v) is 4.36. The Kier molecular flexibility index (Phi) is 3.97. The van der Waals surface area contributed by atoms with Gasteiger partial charge in [-0.3, -0.25) is 4.68 Å². The van der Waals surface area contributed by atoms with Gasteiger partial charge in [-0.15, -0.1) is 0 Å². The molecule has 0 aliphatic heterocycles. The van der Waals surface area contributed by atoms with Crippen molar-refractivity contribution in [3.05, 3.63) is 47.5 Å². The van der Waals surface area contributed by atoms with Gasteiger partial charge in [-0.2, -0.15) is 5.10 Å². The van der Waals surface area contributed by atoms with Crippen LogP contribution in [0.5, 0.6) is 0 Å². The maximum absolute atomic E-state index is 13.1. The molecule has 4 heteroatoms. The summed E-state index contributed by atoms with van der Waals surface area (Å²) in [7, 11) is 0. The molecule has 1 N–H and O–H groups in total. The SMILES string of the molecule is CCCn1nccc1CNc1ccc(F)c(C)c1. The van der Waals surface area contributed by atoms with E-state index < -0.39 is 0 Å². The predicted molar refractivity (Wildman–Crippen MR) is 71.0 cm³/mol. The van der Waals surface area contributed by atoms with Crippen molar-refractivity contribution in [2.24, 2.45) is 0 Å². The first-order valence-electron chi connectivity index (χ1n) is 6.21. The fourth-order valence-corrected chi connectivity index (χ4v) is 1.87. The van der Waals surface area contributed by atoms with Crippen LogP contribution < -0.4 is 5.32 Å². The van der Waals surface area contributed by atoms with Crippen molar-refractivity contribution >= 4 is 5.69 Å². The number of halogens is 1. The molecule has 0 bridgehead atoms. The standard InChI is InChI=1S/C14H18FN3/c1-3-8-18-13(6-7-17-18)10-16-12-4-5-14(15)11(2)9-12/h4-7,9,16H,3,8,10H2,1-2H3. The summed E-state index contributed by atoms with van der Waals surface area (Å²) < 4.78 is 15.1. The number of hydrogen-bond acceptors (Lipinski definition) is 2. The fraction of sp³-hybridized carbons (Fsp3) is 0.357. The Hall–Kier alpha value is -1.84. The summed E-state index contributed by atoms with van der Waals surface area (Å²) in [5.41, 5.74) is 2.72. The van der Waals surface area contributed by atoms with Crippen LogP contribution in [0.4, 0.5) is 10.1 Å². The van der Waals surface area contributed by atoms with Gasteiger partial charge in [0, 0.05) is 18.4 Å². The van der Waals surface area contributed by atoms with Crippen molar-refractivity contribution in [3.63, 3.8) is 0 Å². The normalized spacial score (nSPS) is 10.6. The zero-order chi connectivity index (χ0) is 13.0. The molecular weight excluding hydrogens is 229 g/mol. The molecule has 0 aliphatic carbocycles. The zero-order valence-corrected chi connectivity index (χ0v) is 10.8. The number of nitrogens with zero attached hydrogens (tertiary/aromatic N) is 2. The van der Waals surface area contributed by atoms with Gasteiger partial charge in [0.05, 0.1) is 12.2 Å². The van der Waals surface area contributed by atoms with Crippen LogP contribution in [0.25, 0.3) is 0 Å². The van der Waals surface area contributed by atoms with E-state index in [-0.39, 0.29) is 5.82 Å². The molecule has 2 aromatic rings. The lowest BCUT2D eigenvalue weighted by Gasteiger charge is -2.09. The molecule has 0 spiro atoms. The summed E-state index contributed by atoms with van der Waals surface area (Å²) >= 11 is 0. The van der Waals surface area contributed by atoms with Gasteiger partial charge in [0.15, 0.2) is 0 Å². The quantitative estimate of drug-likeness (QED) is 0.878. The van der Waals surface area contributed by atoms with Crippen LogP contribution in [0, 0.1) is 12.7 Å². The summed E-state index contributed by atoms with van der Waals surface area (Å²) in [5.74, 6) is -0.170. The first kappa shape index (κ1) is 12.6. The average Bonchev–Trinajstić information content (AvgIpc) is 2.79. The van der Waals surface area contributed by atoms with Gasteiger partial charge in [0.2, 0.25) is 0 Å². The van der Waals surface area contributed by atoms with E-state index >= 15 is 0 Å². The van der Waals surface area contributed by atoms with Crippen molar-refractivity contribution in [3.8, 4) is 0 Å². The number of aromatic nitrogens is 2. The molecule has 0 unspecified atom stereocenters. The Morgan fingerprint density at radius 2 is 2.17 bits per heavy atom. The van der Waals surface area contributed by atoms with E-state index in [9.17, 15) is 4.39 Å². The molecule has 1 aromatic heterocycles. The summed E-state index contributed by atoms with van der Waals surface area (Å²) in [5, 5.41) is 7.55. The summed E-state index contributed by atoms with van der Waals surface area (Å²) in [6.07, 6.45) is 2.87. The lowest BCUT2D eigenvalue weighted by Crippen LogP contribution is -2.09. The molecule has 18 heavy (non-hydrogen) atoms. The van der Waals surface area contributed by atoms with E-state index in [0.717, 1.165) is 24.3 Å². The minimum absolute atomic E-state index is 0.170. The summed E-state index contributed by atoms with van der Waals surface area (Å²) in [4.78, 5) is 0. The number of rotatable bonds is 5. The third-order valence-electron chi connectivity index (χ3n) is 2.87. The predicted octanol–water partition coefficient (Wildman–Crippen LogP) is 3.35. The van der Waals surface area contributed by atoms with Crippen molar-refractivity contribution in [1.29, 1.82) is 0 Å². The molecule has 0 aliphatic rings. The summed E-state index contributed by atoms with van der Waals surface area (Å²) in [6.45, 7) is 5.52. The van der Waals surface area contributed by atoms with Gasteiger partial charge < -0.3 is 5.32 Å². The topological polar surface area (TPSA) is 29.9 Å².